The smallest absolute Gasteiger partial charge is 0.170 e. The molecule has 0 aliphatic heterocycles. The van der Waals surface area contributed by atoms with Crippen molar-refractivity contribution in [1.29, 1.82) is 0 Å². The molecule has 1 rings (SSSR count). The topological polar surface area (TPSA) is 57.5 Å². The molecule has 0 spiro atoms. The van der Waals surface area contributed by atoms with Crippen molar-refractivity contribution in [3.05, 3.63) is 36.4 Å². The van der Waals surface area contributed by atoms with E-state index in [0.717, 1.165) is 6.07 Å². The lowest BCUT2D eigenvalue weighted by atomic mass is 10.1. The lowest BCUT2D eigenvalue weighted by Crippen LogP contribution is -1.96. The van der Waals surface area contributed by atoms with Crippen molar-refractivity contribution in [3.63, 3.8) is 0 Å². The number of benzene rings is 1. The fourth-order valence-electron chi connectivity index (χ4n) is 0.997. The Hall–Kier alpha value is -1.77. The van der Waals surface area contributed by atoms with Gasteiger partial charge in [-0.1, -0.05) is 6.08 Å². The number of carbonyl (C=O) groups excluding carboxylic acids is 1. The lowest BCUT2D eigenvalue weighted by molar-refractivity contribution is 0.0993. The van der Waals surface area contributed by atoms with E-state index in [1.165, 1.54) is 18.2 Å². The van der Waals surface area contributed by atoms with Crippen molar-refractivity contribution in [1.82, 2.24) is 0 Å². The highest BCUT2D eigenvalue weighted by Crippen LogP contribution is 2.23. The van der Waals surface area contributed by atoms with E-state index in [-0.39, 0.29) is 29.3 Å². The first-order valence-electron chi connectivity index (χ1n) is 3.81. The second-order valence-corrected chi connectivity index (χ2v) is 2.62. The van der Waals surface area contributed by atoms with Crippen molar-refractivity contribution in [2.24, 2.45) is 0 Å². The Morgan fingerprint density at radius 1 is 1.46 bits per heavy atom. The molecule has 0 atom stereocenters. The molecule has 0 saturated carbocycles. The van der Waals surface area contributed by atoms with Gasteiger partial charge in [-0.3, -0.25) is 4.79 Å². The van der Waals surface area contributed by atoms with E-state index in [1.807, 2.05) is 0 Å². The molecular weight excluding hydrogens is 168 g/mol. The van der Waals surface area contributed by atoms with Crippen LogP contribution in [0.3, 0.4) is 0 Å². The van der Waals surface area contributed by atoms with Crippen LogP contribution in [-0.4, -0.2) is 16.0 Å². The third-order valence-corrected chi connectivity index (χ3v) is 1.61. The van der Waals surface area contributed by atoms with Crippen LogP contribution < -0.4 is 0 Å². The molecule has 0 bridgehead atoms. The minimum Gasteiger partial charge on any atom is -0.508 e. The molecular formula is C10H10O3. The van der Waals surface area contributed by atoms with Crippen LogP contribution in [0.1, 0.15) is 16.8 Å². The molecule has 3 heteroatoms. The first kappa shape index (κ1) is 9.32. The lowest BCUT2D eigenvalue weighted by Gasteiger charge is -2.01. The number of phenolic OH excluding ortho intramolecular Hbond substituents is 2. The summed E-state index contributed by atoms with van der Waals surface area (Å²) in [6, 6.07) is 3.88. The maximum Gasteiger partial charge on any atom is 0.170 e. The van der Waals surface area contributed by atoms with Gasteiger partial charge in [-0.2, -0.15) is 0 Å². The summed E-state index contributed by atoms with van der Waals surface area (Å²) in [5.41, 5.74) is 0.206. The number of hydrogen-bond acceptors (Lipinski definition) is 3. The fraction of sp³-hybridized carbons (Fsp3) is 0.100. The number of hydrogen-bond donors (Lipinski definition) is 2. The van der Waals surface area contributed by atoms with Gasteiger partial charge in [-0.15, -0.1) is 6.58 Å². The van der Waals surface area contributed by atoms with E-state index < -0.39 is 0 Å². The van der Waals surface area contributed by atoms with Gasteiger partial charge in [0.05, 0.1) is 5.56 Å². The molecule has 68 valence electrons. The molecule has 0 unspecified atom stereocenters. The highest BCUT2D eigenvalue weighted by molar-refractivity contribution is 5.99. The summed E-state index contributed by atoms with van der Waals surface area (Å²) in [6.45, 7) is 3.42. The Morgan fingerprint density at radius 3 is 2.69 bits per heavy atom. The summed E-state index contributed by atoms with van der Waals surface area (Å²) in [5, 5.41) is 18.2. The summed E-state index contributed by atoms with van der Waals surface area (Å²) in [4.78, 5) is 11.3. The van der Waals surface area contributed by atoms with E-state index in [1.54, 1.807) is 0 Å². The van der Waals surface area contributed by atoms with Crippen LogP contribution in [0.2, 0.25) is 0 Å². The van der Waals surface area contributed by atoms with Gasteiger partial charge in [-0.25, -0.2) is 0 Å². The standard InChI is InChI=1S/C10H10O3/c1-2-3-9(12)8-5-4-7(11)6-10(8)13/h2,4-6,11,13H,1,3H2. The van der Waals surface area contributed by atoms with Crippen molar-refractivity contribution in [3.8, 4) is 11.5 Å². The number of carbonyl (C=O) groups is 1. The zero-order chi connectivity index (χ0) is 9.84. The van der Waals surface area contributed by atoms with E-state index in [2.05, 4.69) is 6.58 Å². The summed E-state index contributed by atoms with van der Waals surface area (Å²) in [5.74, 6) is -0.480. The zero-order valence-corrected chi connectivity index (χ0v) is 7.03. The number of allylic oxidation sites excluding steroid dienone is 1. The van der Waals surface area contributed by atoms with Gasteiger partial charge in [0.1, 0.15) is 11.5 Å². The zero-order valence-electron chi connectivity index (χ0n) is 7.03. The first-order valence-corrected chi connectivity index (χ1v) is 3.81. The van der Waals surface area contributed by atoms with E-state index in [9.17, 15) is 9.90 Å². The quantitative estimate of drug-likeness (QED) is 0.548. The minimum atomic E-state index is -0.215. The predicted molar refractivity (Wildman–Crippen MR) is 48.9 cm³/mol. The van der Waals surface area contributed by atoms with Crippen LogP contribution in [0, 0.1) is 0 Å². The Balaban J connectivity index is 3.01. The molecule has 0 radical (unpaired) electrons. The van der Waals surface area contributed by atoms with Crippen molar-refractivity contribution in [2.75, 3.05) is 0 Å². The van der Waals surface area contributed by atoms with E-state index >= 15 is 0 Å². The molecule has 0 amide bonds. The Labute approximate surface area is 76.0 Å². The first-order chi connectivity index (χ1) is 6.15. The normalized spacial score (nSPS) is 9.54. The molecule has 0 aliphatic carbocycles. The highest BCUT2D eigenvalue weighted by atomic mass is 16.3. The van der Waals surface area contributed by atoms with E-state index in [0.29, 0.717) is 0 Å². The van der Waals surface area contributed by atoms with Crippen molar-refractivity contribution < 1.29 is 15.0 Å². The Morgan fingerprint density at radius 2 is 2.15 bits per heavy atom. The number of ketones is 1. The predicted octanol–water partition coefficient (Wildman–Crippen LogP) is 1.86. The molecule has 3 nitrogen and oxygen atoms in total. The maximum absolute atomic E-state index is 11.3. The Kier molecular flexibility index (Phi) is 2.69. The van der Waals surface area contributed by atoms with Gasteiger partial charge in [-0.05, 0) is 12.1 Å². The molecule has 1 aromatic rings. The monoisotopic (exact) mass is 178 g/mol. The largest absolute Gasteiger partial charge is 0.508 e. The number of Topliss-reactive ketones (excluding diaryl/α,β-unsaturated/α-hetero) is 1. The average Bonchev–Trinajstić information content (AvgIpc) is 2.04. The average molecular weight is 178 g/mol. The van der Waals surface area contributed by atoms with Crippen LogP contribution in [0.4, 0.5) is 0 Å². The second-order valence-electron chi connectivity index (χ2n) is 2.62. The SMILES string of the molecule is C=CCC(=O)c1ccc(O)cc1O. The van der Waals surface area contributed by atoms with Crippen LogP contribution >= 0.6 is 0 Å². The summed E-state index contributed by atoms with van der Waals surface area (Å²) in [6.07, 6.45) is 1.65. The minimum absolute atomic E-state index is 0.0624. The van der Waals surface area contributed by atoms with Crippen LogP contribution in [0.15, 0.2) is 30.9 Å². The number of aromatic hydroxyl groups is 2. The number of phenols is 2. The summed E-state index contributed by atoms with van der Waals surface area (Å²) < 4.78 is 0. The van der Waals surface area contributed by atoms with Gasteiger partial charge < -0.3 is 10.2 Å². The van der Waals surface area contributed by atoms with E-state index in [4.69, 9.17) is 5.11 Å². The Bertz CT molecular complexity index is 342. The molecule has 0 aliphatic rings. The molecule has 1 aromatic carbocycles. The maximum atomic E-state index is 11.3. The van der Waals surface area contributed by atoms with Crippen LogP contribution in [0.25, 0.3) is 0 Å². The van der Waals surface area contributed by atoms with Gasteiger partial charge in [0.15, 0.2) is 5.78 Å². The van der Waals surface area contributed by atoms with Gasteiger partial charge in [0.25, 0.3) is 0 Å². The molecule has 0 fully saturated rings. The van der Waals surface area contributed by atoms with Crippen molar-refractivity contribution >= 4 is 5.78 Å². The molecule has 0 heterocycles. The van der Waals surface area contributed by atoms with Crippen LogP contribution in [0.5, 0.6) is 11.5 Å². The van der Waals surface area contributed by atoms with Gasteiger partial charge >= 0.3 is 0 Å². The molecule has 0 aromatic heterocycles. The molecule has 2 N–H and O–H groups in total. The highest BCUT2D eigenvalue weighted by Gasteiger charge is 2.09. The third-order valence-electron chi connectivity index (χ3n) is 1.61. The van der Waals surface area contributed by atoms with Gasteiger partial charge in [0, 0.05) is 12.5 Å². The van der Waals surface area contributed by atoms with Gasteiger partial charge in [0.2, 0.25) is 0 Å². The number of rotatable bonds is 3. The van der Waals surface area contributed by atoms with Crippen molar-refractivity contribution in [2.45, 2.75) is 6.42 Å². The molecule has 13 heavy (non-hydrogen) atoms. The second kappa shape index (κ2) is 3.76. The third kappa shape index (κ3) is 2.08. The summed E-state index contributed by atoms with van der Waals surface area (Å²) >= 11 is 0. The van der Waals surface area contributed by atoms with Crippen LogP contribution in [-0.2, 0) is 0 Å². The summed E-state index contributed by atoms with van der Waals surface area (Å²) in [7, 11) is 0. The fourth-order valence-corrected chi connectivity index (χ4v) is 0.997. The molecule has 0 saturated heterocycles.